The fraction of sp³-hybridized carbons (Fsp3) is 1.00. The van der Waals surface area contributed by atoms with Crippen LogP contribution in [0.5, 0.6) is 0 Å². The fourth-order valence-electron chi connectivity index (χ4n) is 0. The molecule has 2 heteroatoms. The van der Waals surface area contributed by atoms with Crippen LogP contribution in [0.1, 0.15) is 1.43 Å². The van der Waals surface area contributed by atoms with Gasteiger partial charge in [0.15, 0.2) is 0 Å². The van der Waals surface area contributed by atoms with Gasteiger partial charge in [-0.25, -0.2) is 0 Å². The van der Waals surface area contributed by atoms with E-state index in [0.29, 0.717) is 9.52 Å². The molecule has 0 aromatic heterocycles. The first kappa shape index (κ1) is 8.96. The van der Waals surface area contributed by atoms with Crippen molar-refractivity contribution in [3.05, 3.63) is 0 Å². The van der Waals surface area contributed by atoms with Crippen molar-refractivity contribution in [2.45, 2.75) is 13.1 Å². The largest absolute Gasteiger partial charge is 1.00 e. The van der Waals surface area contributed by atoms with E-state index >= 15 is 0 Å². The van der Waals surface area contributed by atoms with E-state index in [1.54, 1.807) is 0 Å². The van der Waals surface area contributed by atoms with Crippen LogP contribution in [0.15, 0.2) is 0 Å². The van der Waals surface area contributed by atoms with Crippen molar-refractivity contribution < 1.29 is 31.0 Å². The smallest absolute Gasteiger partial charge is 1.00 e. The van der Waals surface area contributed by atoms with Gasteiger partial charge in [-0.15, -0.1) is 0 Å². The molecule has 0 rings (SSSR count). The van der Waals surface area contributed by atoms with Crippen LogP contribution in [0, 0.1) is 0 Å². The van der Waals surface area contributed by atoms with Gasteiger partial charge in [-0.3, -0.25) is 0 Å². The number of hydrogen-bond donors (Lipinski definition) is 0. The maximum atomic E-state index is 2.26. The Hall–Kier alpha value is 1.22. The first-order chi connectivity index (χ1) is 1.41. The summed E-state index contributed by atoms with van der Waals surface area (Å²) in [5.41, 5.74) is 0. The Morgan fingerprint density at radius 2 is 1.50 bits per heavy atom. The van der Waals surface area contributed by atoms with E-state index in [-0.39, 0.29) is 31.0 Å². The second kappa shape index (κ2) is 8.88. The van der Waals surface area contributed by atoms with Gasteiger partial charge in [0.05, 0.1) is 0 Å². The zero-order chi connectivity index (χ0) is 2.71. The van der Waals surface area contributed by atoms with E-state index in [9.17, 15) is 0 Å². The molecule has 0 atom stereocenters. The van der Waals surface area contributed by atoms with Crippen molar-refractivity contribution in [1.82, 2.24) is 0 Å². The van der Waals surface area contributed by atoms with Crippen LogP contribution >= 0.6 is 0 Å². The molecule has 22 valence electrons. The van der Waals surface area contributed by atoms with Gasteiger partial charge >= 0.3 is 29.6 Å². The van der Waals surface area contributed by atoms with E-state index in [1.165, 1.54) is 0 Å². The van der Waals surface area contributed by atoms with Gasteiger partial charge < -0.3 is 1.43 Å². The normalized spacial score (nSPS) is 4.50. The van der Waals surface area contributed by atoms with Crippen molar-refractivity contribution in [1.29, 1.82) is 0 Å². The molecule has 0 saturated carbocycles. The van der Waals surface area contributed by atoms with Gasteiger partial charge in [0.1, 0.15) is 0 Å². The third kappa shape index (κ3) is 10.7. The van der Waals surface area contributed by atoms with E-state index < -0.39 is 0 Å². The summed E-state index contributed by atoms with van der Waals surface area (Å²) >= 11 is 0. The summed E-state index contributed by atoms with van der Waals surface area (Å²) in [6, 6.07) is 0. The molecule has 0 bridgehead atoms. The molecule has 0 saturated heterocycles. The van der Waals surface area contributed by atoms with Gasteiger partial charge in [-0.2, -0.15) is 0 Å². The quantitative estimate of drug-likeness (QED) is 0.282. The Bertz CT molecular complexity index is 9.61. The Balaban J connectivity index is -0.0000000200. The molecule has 0 aromatic rings. The molecular formula is C2H9NaSi. The predicted molar refractivity (Wildman–Crippen MR) is 21.4 cm³/mol. The molecule has 4 heavy (non-hydrogen) atoms. The van der Waals surface area contributed by atoms with Crippen molar-refractivity contribution in [3.63, 3.8) is 0 Å². The molecule has 0 aliphatic heterocycles. The fourth-order valence-corrected chi connectivity index (χ4v) is 0. The van der Waals surface area contributed by atoms with Gasteiger partial charge in [-0.05, 0) is 0 Å². The molecule has 0 amide bonds. The molecule has 0 aliphatic rings. The number of hydrogen-bond acceptors (Lipinski definition) is 0. The minimum atomic E-state index is 0. The van der Waals surface area contributed by atoms with Gasteiger partial charge in [0, 0.05) is 9.52 Å². The summed E-state index contributed by atoms with van der Waals surface area (Å²) < 4.78 is 0. The molecule has 0 unspecified atom stereocenters. The molecule has 0 aromatic carbocycles. The predicted octanol–water partition coefficient (Wildman–Crippen LogP) is -2.63. The average Bonchev–Trinajstić information content (AvgIpc) is 0.918. The van der Waals surface area contributed by atoms with E-state index in [4.69, 9.17) is 0 Å². The molecule has 0 N–H and O–H groups in total. The molecule has 0 fully saturated rings. The van der Waals surface area contributed by atoms with E-state index in [0.717, 1.165) is 0 Å². The molecular weight excluding hydrogens is 75.1 g/mol. The maximum Gasteiger partial charge on any atom is 1.00 e. The van der Waals surface area contributed by atoms with Crippen LogP contribution < -0.4 is 29.6 Å². The molecule has 0 radical (unpaired) electrons. The zero-order valence-electron chi connectivity index (χ0n) is 4.71. The average molecular weight is 84.2 g/mol. The Morgan fingerprint density at radius 3 is 1.50 bits per heavy atom. The first-order valence-corrected chi connectivity index (χ1v) is 4.24. The van der Waals surface area contributed by atoms with Crippen LogP contribution in [-0.4, -0.2) is 9.52 Å². The SMILES string of the molecule is C[SiH2]C.[H-].[Na+]. The first-order valence-electron chi connectivity index (χ1n) is 1.41. The second-order valence-corrected chi connectivity index (χ2v) is 2.12. The van der Waals surface area contributed by atoms with Crippen LogP contribution in [-0.2, 0) is 0 Å². The standard InChI is InChI=1S/C2H8Si.Na.H/c1-3-2;;/h3H2,1-2H3;;/q;+1;-1. The van der Waals surface area contributed by atoms with Crippen LogP contribution in [0.4, 0.5) is 0 Å². The molecule has 0 heterocycles. The minimum Gasteiger partial charge on any atom is -1.00 e. The zero-order valence-corrected chi connectivity index (χ0v) is 7.12. The van der Waals surface area contributed by atoms with E-state index in [1.807, 2.05) is 0 Å². The van der Waals surface area contributed by atoms with Crippen LogP contribution in [0.3, 0.4) is 0 Å². The Morgan fingerprint density at radius 1 is 1.50 bits per heavy atom. The van der Waals surface area contributed by atoms with Crippen LogP contribution in [0.25, 0.3) is 0 Å². The van der Waals surface area contributed by atoms with Crippen molar-refractivity contribution in [2.24, 2.45) is 0 Å². The summed E-state index contributed by atoms with van der Waals surface area (Å²) in [6.45, 7) is 4.53. The topological polar surface area (TPSA) is 0 Å². The van der Waals surface area contributed by atoms with Crippen molar-refractivity contribution in [2.75, 3.05) is 0 Å². The molecule has 0 spiro atoms. The van der Waals surface area contributed by atoms with Crippen LogP contribution in [0.2, 0.25) is 13.1 Å². The van der Waals surface area contributed by atoms with Gasteiger partial charge in [0.25, 0.3) is 0 Å². The third-order valence-corrected chi connectivity index (χ3v) is 0. The van der Waals surface area contributed by atoms with Crippen molar-refractivity contribution in [3.8, 4) is 0 Å². The van der Waals surface area contributed by atoms with Crippen molar-refractivity contribution >= 4 is 9.52 Å². The summed E-state index contributed by atoms with van der Waals surface area (Å²) in [6.07, 6.45) is 0. The summed E-state index contributed by atoms with van der Waals surface area (Å²) in [5, 5.41) is 0. The Kier molecular flexibility index (Phi) is 19.9. The monoisotopic (exact) mass is 84.0 g/mol. The summed E-state index contributed by atoms with van der Waals surface area (Å²) in [5.74, 6) is 0. The molecule has 0 aliphatic carbocycles. The van der Waals surface area contributed by atoms with E-state index in [2.05, 4.69) is 13.1 Å². The third-order valence-electron chi connectivity index (χ3n) is 0. The Labute approximate surface area is 53.6 Å². The van der Waals surface area contributed by atoms with Gasteiger partial charge in [-0.1, -0.05) is 13.1 Å². The summed E-state index contributed by atoms with van der Waals surface area (Å²) in [4.78, 5) is 0. The maximum absolute atomic E-state index is 2.26. The summed E-state index contributed by atoms with van der Waals surface area (Å²) in [7, 11) is 0.417. The number of rotatable bonds is 0. The second-order valence-electron chi connectivity index (χ2n) is 0.707. The molecule has 0 nitrogen and oxygen atoms in total. The minimum absolute atomic E-state index is 0. The van der Waals surface area contributed by atoms with Gasteiger partial charge in [0.2, 0.25) is 0 Å².